The van der Waals surface area contributed by atoms with Crippen molar-refractivity contribution in [2.45, 2.75) is 32.8 Å². The monoisotopic (exact) mass is 473 g/mol. The second-order valence-corrected chi connectivity index (χ2v) is 8.70. The van der Waals surface area contributed by atoms with Crippen LogP contribution in [0.2, 0.25) is 0 Å². The lowest BCUT2D eigenvalue weighted by atomic mass is 10.1. The Morgan fingerprint density at radius 2 is 1.60 bits per heavy atom. The molecule has 1 aliphatic heterocycles. The molecule has 0 aliphatic carbocycles. The van der Waals surface area contributed by atoms with Gasteiger partial charge in [0.15, 0.2) is 5.60 Å². The molecule has 1 saturated heterocycles. The topological polar surface area (TPSA) is 61.9 Å². The number of rotatable bonds is 6. The van der Waals surface area contributed by atoms with Crippen LogP contribution in [0.25, 0.3) is 0 Å². The zero-order chi connectivity index (χ0) is 21.7. The molecule has 1 N–H and O–H groups in total. The summed E-state index contributed by atoms with van der Waals surface area (Å²) < 4.78 is 6.83. The summed E-state index contributed by atoms with van der Waals surface area (Å²) in [6.45, 7) is 8.50. The number of carbonyl (C=O) groups excluding carboxylic acids is 2. The molecule has 0 atom stereocenters. The van der Waals surface area contributed by atoms with Crippen LogP contribution in [-0.4, -0.2) is 48.5 Å². The maximum atomic E-state index is 12.7. The van der Waals surface area contributed by atoms with Gasteiger partial charge in [-0.2, -0.15) is 0 Å². The van der Waals surface area contributed by atoms with Crippen LogP contribution in [0.5, 0.6) is 5.75 Å². The molecule has 7 heteroatoms. The van der Waals surface area contributed by atoms with E-state index in [2.05, 4.69) is 26.1 Å². The minimum atomic E-state index is -1.02. The van der Waals surface area contributed by atoms with Crippen molar-refractivity contribution in [3.8, 4) is 5.75 Å². The van der Waals surface area contributed by atoms with Gasteiger partial charge in [-0.1, -0.05) is 22.9 Å². The molecule has 0 aromatic heterocycles. The van der Waals surface area contributed by atoms with Gasteiger partial charge in [0.2, 0.25) is 5.91 Å². The summed E-state index contributed by atoms with van der Waals surface area (Å²) in [5, 5.41) is 2.93. The van der Waals surface area contributed by atoms with Crippen LogP contribution in [-0.2, 0) is 9.59 Å². The number of piperazine rings is 1. The first-order chi connectivity index (χ1) is 14.3. The average molecular weight is 474 g/mol. The van der Waals surface area contributed by atoms with Crippen molar-refractivity contribution in [2.75, 3.05) is 36.4 Å². The molecule has 30 heavy (non-hydrogen) atoms. The van der Waals surface area contributed by atoms with Crippen LogP contribution < -0.4 is 15.0 Å². The van der Waals surface area contributed by atoms with E-state index in [9.17, 15) is 9.59 Å². The first kappa shape index (κ1) is 22.2. The van der Waals surface area contributed by atoms with E-state index in [0.29, 0.717) is 12.2 Å². The fourth-order valence-electron chi connectivity index (χ4n) is 3.32. The summed E-state index contributed by atoms with van der Waals surface area (Å²) in [6.07, 6.45) is 0.552. The predicted molar refractivity (Wildman–Crippen MR) is 123 cm³/mol. The van der Waals surface area contributed by atoms with E-state index in [4.69, 9.17) is 4.74 Å². The fraction of sp³-hybridized carbons (Fsp3) is 0.391. The first-order valence-corrected chi connectivity index (χ1v) is 11.0. The lowest BCUT2D eigenvalue weighted by molar-refractivity contribution is -0.131. The Kier molecular flexibility index (Phi) is 7.02. The van der Waals surface area contributed by atoms with Gasteiger partial charge in [0.05, 0.1) is 0 Å². The van der Waals surface area contributed by atoms with E-state index in [0.717, 1.165) is 42.0 Å². The summed E-state index contributed by atoms with van der Waals surface area (Å²) in [6, 6.07) is 15.2. The highest BCUT2D eigenvalue weighted by atomic mass is 79.9. The standard InChI is InChI=1S/C23H28BrN3O3/c1-4-21(28)27-15-13-26(14-16-27)19-9-7-18(8-10-19)25-22(29)23(2,3)30-20-11-5-17(24)6-12-20/h5-12H,4,13-16H2,1-3H3,(H,25,29). The molecular formula is C23H28BrN3O3. The molecule has 6 nitrogen and oxygen atoms in total. The van der Waals surface area contributed by atoms with Crippen molar-refractivity contribution in [1.82, 2.24) is 4.90 Å². The molecule has 0 bridgehead atoms. The first-order valence-electron chi connectivity index (χ1n) is 10.2. The van der Waals surface area contributed by atoms with Gasteiger partial charge in [0, 0.05) is 48.4 Å². The number of ether oxygens (including phenoxy) is 1. The largest absolute Gasteiger partial charge is 0.478 e. The number of halogens is 1. The van der Waals surface area contributed by atoms with Gasteiger partial charge >= 0.3 is 0 Å². The van der Waals surface area contributed by atoms with E-state index in [1.54, 1.807) is 13.8 Å². The number of nitrogens with one attached hydrogen (secondary N) is 1. The van der Waals surface area contributed by atoms with Gasteiger partial charge < -0.3 is 19.9 Å². The molecule has 0 radical (unpaired) electrons. The molecule has 1 heterocycles. The van der Waals surface area contributed by atoms with Crippen molar-refractivity contribution in [1.29, 1.82) is 0 Å². The Bertz CT molecular complexity index is 874. The summed E-state index contributed by atoms with van der Waals surface area (Å²) in [4.78, 5) is 28.7. The third-order valence-corrected chi connectivity index (χ3v) is 5.69. The number of hydrogen-bond acceptors (Lipinski definition) is 4. The molecule has 2 aromatic rings. The molecule has 1 fully saturated rings. The van der Waals surface area contributed by atoms with Crippen molar-refractivity contribution >= 4 is 39.1 Å². The summed E-state index contributed by atoms with van der Waals surface area (Å²) >= 11 is 3.39. The molecule has 0 unspecified atom stereocenters. The molecule has 160 valence electrons. The smallest absolute Gasteiger partial charge is 0.267 e. The zero-order valence-corrected chi connectivity index (χ0v) is 19.2. The lowest BCUT2D eigenvalue weighted by Gasteiger charge is -2.36. The number of nitrogens with zero attached hydrogens (tertiary/aromatic N) is 2. The van der Waals surface area contributed by atoms with Crippen molar-refractivity contribution < 1.29 is 14.3 Å². The van der Waals surface area contributed by atoms with Crippen LogP contribution in [0.4, 0.5) is 11.4 Å². The Labute approximate surface area is 186 Å². The highest BCUT2D eigenvalue weighted by Gasteiger charge is 2.30. The van der Waals surface area contributed by atoms with Gasteiger partial charge in [0.1, 0.15) is 5.75 Å². The number of carbonyl (C=O) groups is 2. The minimum Gasteiger partial charge on any atom is -0.478 e. The summed E-state index contributed by atoms with van der Waals surface area (Å²) in [7, 11) is 0. The predicted octanol–water partition coefficient (Wildman–Crippen LogP) is 4.30. The molecular weight excluding hydrogens is 446 g/mol. The molecule has 0 saturated carbocycles. The second-order valence-electron chi connectivity index (χ2n) is 7.79. The molecule has 2 aromatic carbocycles. The van der Waals surface area contributed by atoms with Crippen molar-refractivity contribution in [3.05, 3.63) is 53.0 Å². The van der Waals surface area contributed by atoms with Crippen LogP contribution in [0.1, 0.15) is 27.2 Å². The van der Waals surface area contributed by atoms with Crippen LogP contribution in [0.15, 0.2) is 53.0 Å². The second kappa shape index (κ2) is 9.51. The SMILES string of the molecule is CCC(=O)N1CCN(c2ccc(NC(=O)C(C)(C)Oc3ccc(Br)cc3)cc2)CC1. The normalized spacial score (nSPS) is 14.4. The Morgan fingerprint density at radius 1 is 1.00 bits per heavy atom. The molecule has 3 rings (SSSR count). The molecule has 1 aliphatic rings. The Hall–Kier alpha value is -2.54. The number of benzene rings is 2. The Morgan fingerprint density at radius 3 is 2.17 bits per heavy atom. The maximum Gasteiger partial charge on any atom is 0.267 e. The van der Waals surface area contributed by atoms with E-state index < -0.39 is 5.60 Å². The van der Waals surface area contributed by atoms with Gasteiger partial charge in [-0.3, -0.25) is 9.59 Å². The quantitative estimate of drug-likeness (QED) is 0.678. The van der Waals surface area contributed by atoms with Crippen LogP contribution >= 0.6 is 15.9 Å². The maximum absolute atomic E-state index is 12.7. The van der Waals surface area contributed by atoms with Crippen molar-refractivity contribution in [2.24, 2.45) is 0 Å². The summed E-state index contributed by atoms with van der Waals surface area (Å²) in [5.41, 5.74) is 0.784. The van der Waals surface area contributed by atoms with E-state index in [1.165, 1.54) is 0 Å². The zero-order valence-electron chi connectivity index (χ0n) is 17.7. The lowest BCUT2D eigenvalue weighted by Crippen LogP contribution is -2.48. The number of hydrogen-bond donors (Lipinski definition) is 1. The van der Waals surface area contributed by atoms with Gasteiger partial charge in [-0.15, -0.1) is 0 Å². The van der Waals surface area contributed by atoms with Crippen molar-refractivity contribution in [3.63, 3.8) is 0 Å². The third kappa shape index (κ3) is 5.53. The van der Waals surface area contributed by atoms with E-state index in [1.807, 2.05) is 60.4 Å². The van der Waals surface area contributed by atoms with Gasteiger partial charge in [-0.25, -0.2) is 0 Å². The van der Waals surface area contributed by atoms with Crippen LogP contribution in [0, 0.1) is 0 Å². The van der Waals surface area contributed by atoms with E-state index >= 15 is 0 Å². The molecule has 2 amide bonds. The van der Waals surface area contributed by atoms with E-state index in [-0.39, 0.29) is 11.8 Å². The fourth-order valence-corrected chi connectivity index (χ4v) is 3.58. The Balaban J connectivity index is 1.56. The van der Waals surface area contributed by atoms with Gasteiger partial charge in [-0.05, 0) is 62.4 Å². The number of anilines is 2. The summed E-state index contributed by atoms with van der Waals surface area (Å²) in [5.74, 6) is 0.625. The average Bonchev–Trinajstić information content (AvgIpc) is 2.75. The van der Waals surface area contributed by atoms with Gasteiger partial charge in [0.25, 0.3) is 5.91 Å². The third-order valence-electron chi connectivity index (χ3n) is 5.16. The molecule has 0 spiro atoms. The minimum absolute atomic E-state index is 0.209. The highest BCUT2D eigenvalue weighted by Crippen LogP contribution is 2.24. The van der Waals surface area contributed by atoms with Crippen LogP contribution in [0.3, 0.4) is 0 Å². The number of amides is 2. The highest BCUT2D eigenvalue weighted by molar-refractivity contribution is 9.10.